The number of hydrogen-bond donors (Lipinski definition) is 2. The Morgan fingerprint density at radius 1 is 1.24 bits per heavy atom. The van der Waals surface area contributed by atoms with Crippen molar-refractivity contribution in [1.82, 2.24) is 24.4 Å². The SMILES string of the molecule is COC(=O)CN(CO)C(=O)c1ccc2c(c1)c(-c1cc3nccnc3[nH]1)cn2C. The maximum Gasteiger partial charge on any atom is 0.325 e. The maximum atomic E-state index is 12.8. The van der Waals surface area contributed by atoms with Crippen molar-refractivity contribution >= 4 is 33.9 Å². The third-order valence-corrected chi connectivity index (χ3v) is 4.79. The number of aliphatic hydroxyl groups is 1. The molecule has 0 bridgehead atoms. The lowest BCUT2D eigenvalue weighted by Gasteiger charge is -2.18. The highest BCUT2D eigenvalue weighted by Gasteiger charge is 2.20. The monoisotopic (exact) mass is 393 g/mol. The zero-order valence-corrected chi connectivity index (χ0v) is 15.9. The van der Waals surface area contributed by atoms with E-state index in [2.05, 4.69) is 19.7 Å². The fourth-order valence-corrected chi connectivity index (χ4v) is 3.32. The summed E-state index contributed by atoms with van der Waals surface area (Å²) in [5, 5.41) is 10.4. The van der Waals surface area contributed by atoms with E-state index in [0.29, 0.717) is 11.2 Å². The first kappa shape index (κ1) is 18.6. The molecule has 2 N–H and O–H groups in total. The number of nitrogens with one attached hydrogen (secondary N) is 1. The van der Waals surface area contributed by atoms with Crippen LogP contribution in [0.5, 0.6) is 0 Å². The maximum absolute atomic E-state index is 12.8. The predicted molar refractivity (Wildman–Crippen MR) is 106 cm³/mol. The lowest BCUT2D eigenvalue weighted by molar-refractivity contribution is -0.142. The van der Waals surface area contributed by atoms with Gasteiger partial charge in [0.1, 0.15) is 18.8 Å². The van der Waals surface area contributed by atoms with Gasteiger partial charge < -0.3 is 24.3 Å². The lowest BCUT2D eigenvalue weighted by atomic mass is 10.1. The van der Waals surface area contributed by atoms with Gasteiger partial charge in [0, 0.05) is 47.7 Å². The molecule has 0 saturated heterocycles. The summed E-state index contributed by atoms with van der Waals surface area (Å²) in [6, 6.07) is 7.16. The number of H-pyrrole nitrogens is 1. The number of aryl methyl sites for hydroxylation is 1. The minimum Gasteiger partial charge on any atom is -0.468 e. The second-order valence-corrected chi connectivity index (χ2v) is 6.58. The Bertz CT molecular complexity index is 1190. The molecule has 3 heterocycles. The zero-order chi connectivity index (χ0) is 20.5. The molecule has 9 nitrogen and oxygen atoms in total. The van der Waals surface area contributed by atoms with Gasteiger partial charge >= 0.3 is 5.97 Å². The van der Waals surface area contributed by atoms with Crippen LogP contribution in [0.2, 0.25) is 0 Å². The molecule has 1 aromatic carbocycles. The number of amides is 1. The number of carbonyl (C=O) groups excluding carboxylic acids is 2. The number of aromatic nitrogens is 4. The van der Waals surface area contributed by atoms with Crippen LogP contribution >= 0.6 is 0 Å². The van der Waals surface area contributed by atoms with Gasteiger partial charge in [-0.3, -0.25) is 14.6 Å². The van der Waals surface area contributed by atoms with Crippen LogP contribution in [0, 0.1) is 0 Å². The van der Waals surface area contributed by atoms with E-state index in [4.69, 9.17) is 0 Å². The van der Waals surface area contributed by atoms with Crippen molar-refractivity contribution in [3.8, 4) is 11.3 Å². The van der Waals surface area contributed by atoms with E-state index in [9.17, 15) is 14.7 Å². The van der Waals surface area contributed by atoms with E-state index in [1.54, 1.807) is 24.5 Å². The highest BCUT2D eigenvalue weighted by Crippen LogP contribution is 2.32. The topological polar surface area (TPSA) is 113 Å². The number of ether oxygens (including phenoxy) is 1. The normalized spacial score (nSPS) is 11.1. The fraction of sp³-hybridized carbons (Fsp3) is 0.200. The molecule has 3 aromatic heterocycles. The van der Waals surface area contributed by atoms with Crippen molar-refractivity contribution < 1.29 is 19.4 Å². The first-order chi connectivity index (χ1) is 14.0. The number of esters is 1. The molecule has 0 unspecified atom stereocenters. The third-order valence-electron chi connectivity index (χ3n) is 4.79. The zero-order valence-electron chi connectivity index (χ0n) is 15.9. The molecule has 148 valence electrons. The van der Waals surface area contributed by atoms with Crippen molar-refractivity contribution in [3.63, 3.8) is 0 Å². The Morgan fingerprint density at radius 3 is 2.76 bits per heavy atom. The highest BCUT2D eigenvalue weighted by molar-refractivity contribution is 6.03. The Morgan fingerprint density at radius 2 is 2.03 bits per heavy atom. The van der Waals surface area contributed by atoms with Gasteiger partial charge in [0.05, 0.1) is 12.8 Å². The number of aliphatic hydroxyl groups excluding tert-OH is 1. The summed E-state index contributed by atoms with van der Waals surface area (Å²) < 4.78 is 6.55. The summed E-state index contributed by atoms with van der Waals surface area (Å²) in [5.41, 5.74) is 4.43. The molecule has 9 heteroatoms. The van der Waals surface area contributed by atoms with E-state index in [0.717, 1.165) is 32.6 Å². The Kier molecular flexibility index (Phi) is 4.73. The summed E-state index contributed by atoms with van der Waals surface area (Å²) in [5.74, 6) is -1.07. The van der Waals surface area contributed by atoms with Crippen LogP contribution in [-0.4, -0.2) is 61.8 Å². The summed E-state index contributed by atoms with van der Waals surface area (Å²) in [6.07, 6.45) is 5.21. The molecular weight excluding hydrogens is 374 g/mol. The molecule has 0 aliphatic rings. The van der Waals surface area contributed by atoms with Gasteiger partial charge in [0.25, 0.3) is 5.91 Å². The molecule has 4 aromatic rings. The summed E-state index contributed by atoms with van der Waals surface area (Å²) in [4.78, 5) is 37.1. The standard InChI is InChI=1S/C20H19N5O4/c1-24-9-14(15-8-16-19(23-15)22-6-5-21-16)13-7-12(3-4-17(13)24)20(28)25(11-26)10-18(27)29-2/h3-9,26H,10-11H2,1-2H3,(H,22,23). The molecule has 1 amide bonds. The average Bonchev–Trinajstić information content (AvgIpc) is 3.32. The van der Waals surface area contributed by atoms with E-state index in [1.807, 2.05) is 29.9 Å². The number of rotatable bonds is 5. The number of carbonyl (C=O) groups is 2. The second kappa shape index (κ2) is 7.36. The first-order valence-corrected chi connectivity index (χ1v) is 8.88. The number of aromatic amines is 1. The van der Waals surface area contributed by atoms with Crippen molar-refractivity contribution in [2.24, 2.45) is 7.05 Å². The van der Waals surface area contributed by atoms with Crippen LogP contribution in [0.3, 0.4) is 0 Å². The fourth-order valence-electron chi connectivity index (χ4n) is 3.32. The Labute approximate surface area is 165 Å². The molecule has 0 saturated carbocycles. The number of fused-ring (bicyclic) bond motifs is 2. The van der Waals surface area contributed by atoms with E-state index in [-0.39, 0.29) is 6.54 Å². The molecule has 29 heavy (non-hydrogen) atoms. The molecule has 0 aliphatic carbocycles. The van der Waals surface area contributed by atoms with Crippen molar-refractivity contribution in [2.45, 2.75) is 0 Å². The van der Waals surface area contributed by atoms with Gasteiger partial charge in [-0.2, -0.15) is 0 Å². The van der Waals surface area contributed by atoms with Gasteiger partial charge in [-0.25, -0.2) is 4.98 Å². The Balaban J connectivity index is 1.78. The van der Waals surface area contributed by atoms with E-state index in [1.165, 1.54) is 7.11 Å². The first-order valence-electron chi connectivity index (χ1n) is 8.88. The molecular formula is C20H19N5O4. The number of methoxy groups -OCH3 is 1. The van der Waals surface area contributed by atoms with Crippen LogP contribution in [-0.2, 0) is 16.6 Å². The quantitative estimate of drug-likeness (QED) is 0.394. The number of benzene rings is 1. The van der Waals surface area contributed by atoms with Crippen molar-refractivity contribution in [2.75, 3.05) is 20.4 Å². The van der Waals surface area contributed by atoms with Gasteiger partial charge in [-0.1, -0.05) is 0 Å². The lowest BCUT2D eigenvalue weighted by Crippen LogP contribution is -2.36. The Hall–Kier alpha value is -3.72. The number of hydrogen-bond acceptors (Lipinski definition) is 6. The van der Waals surface area contributed by atoms with Crippen molar-refractivity contribution in [3.05, 3.63) is 48.4 Å². The van der Waals surface area contributed by atoms with Gasteiger partial charge in [0.2, 0.25) is 0 Å². The van der Waals surface area contributed by atoms with Crippen molar-refractivity contribution in [1.29, 1.82) is 0 Å². The summed E-state index contributed by atoms with van der Waals surface area (Å²) >= 11 is 0. The van der Waals surface area contributed by atoms with Gasteiger partial charge in [-0.15, -0.1) is 0 Å². The van der Waals surface area contributed by atoms with Crippen LogP contribution in [0.25, 0.3) is 33.3 Å². The molecule has 0 aliphatic heterocycles. The highest BCUT2D eigenvalue weighted by atomic mass is 16.5. The molecule has 4 rings (SSSR count). The molecule has 0 spiro atoms. The average molecular weight is 393 g/mol. The van der Waals surface area contributed by atoms with Crippen LogP contribution in [0.4, 0.5) is 0 Å². The molecule has 0 atom stereocenters. The summed E-state index contributed by atoms with van der Waals surface area (Å²) in [6.45, 7) is -0.919. The van der Waals surface area contributed by atoms with Crippen LogP contribution in [0.1, 0.15) is 10.4 Å². The van der Waals surface area contributed by atoms with Crippen LogP contribution < -0.4 is 0 Å². The predicted octanol–water partition coefficient (Wildman–Crippen LogP) is 1.68. The third kappa shape index (κ3) is 3.32. The second-order valence-electron chi connectivity index (χ2n) is 6.58. The number of nitrogens with zero attached hydrogens (tertiary/aromatic N) is 4. The minimum absolute atomic E-state index is 0.328. The van der Waals surface area contributed by atoms with Crippen LogP contribution in [0.15, 0.2) is 42.9 Å². The smallest absolute Gasteiger partial charge is 0.325 e. The van der Waals surface area contributed by atoms with E-state index >= 15 is 0 Å². The summed E-state index contributed by atoms with van der Waals surface area (Å²) in [7, 11) is 3.15. The molecule has 0 radical (unpaired) electrons. The molecule has 0 fully saturated rings. The van der Waals surface area contributed by atoms with Gasteiger partial charge in [0.15, 0.2) is 5.65 Å². The van der Waals surface area contributed by atoms with E-state index < -0.39 is 18.6 Å². The minimum atomic E-state index is -0.605. The largest absolute Gasteiger partial charge is 0.468 e. The van der Waals surface area contributed by atoms with Gasteiger partial charge in [-0.05, 0) is 24.3 Å².